The van der Waals surface area contributed by atoms with Gasteiger partial charge in [-0.2, -0.15) is 0 Å². The molecule has 0 aliphatic heterocycles. The van der Waals surface area contributed by atoms with Crippen LogP contribution in [-0.2, 0) is 16.6 Å². The highest BCUT2D eigenvalue weighted by atomic mass is 32.2. The van der Waals surface area contributed by atoms with Crippen LogP contribution in [0.2, 0.25) is 0 Å². The van der Waals surface area contributed by atoms with Gasteiger partial charge in [0, 0.05) is 6.07 Å². The smallest absolute Gasteiger partial charge is 0.211 e. The SMILES string of the molecule is CCS(=O)(=O)NCc1cc(C)on1. The molecule has 0 radical (unpaired) electrons. The molecule has 6 heteroatoms. The molecular weight excluding hydrogens is 192 g/mol. The van der Waals surface area contributed by atoms with E-state index in [1.165, 1.54) is 0 Å². The summed E-state index contributed by atoms with van der Waals surface area (Å²) in [4.78, 5) is 0. The van der Waals surface area contributed by atoms with Crippen LogP contribution in [0.3, 0.4) is 0 Å². The zero-order valence-corrected chi connectivity index (χ0v) is 8.39. The minimum Gasteiger partial charge on any atom is -0.361 e. The van der Waals surface area contributed by atoms with Crippen LogP contribution in [0.15, 0.2) is 10.6 Å². The van der Waals surface area contributed by atoms with Crippen LogP contribution in [0.4, 0.5) is 0 Å². The van der Waals surface area contributed by atoms with E-state index in [9.17, 15) is 8.42 Å². The highest BCUT2D eigenvalue weighted by Crippen LogP contribution is 2.01. The Morgan fingerprint density at radius 3 is 2.77 bits per heavy atom. The predicted octanol–water partition coefficient (Wildman–Crippen LogP) is 0.422. The molecule has 0 spiro atoms. The Balaban J connectivity index is 2.53. The van der Waals surface area contributed by atoms with Gasteiger partial charge in [0.1, 0.15) is 5.76 Å². The van der Waals surface area contributed by atoms with Crippen molar-refractivity contribution in [3.05, 3.63) is 17.5 Å². The molecule has 0 aromatic carbocycles. The molecule has 0 bridgehead atoms. The minimum absolute atomic E-state index is 0.0732. The summed E-state index contributed by atoms with van der Waals surface area (Å²) in [5, 5.41) is 3.65. The third-order valence-electron chi connectivity index (χ3n) is 1.53. The van der Waals surface area contributed by atoms with Crippen LogP contribution in [-0.4, -0.2) is 19.3 Å². The first kappa shape index (κ1) is 10.2. The molecule has 0 aliphatic rings. The summed E-state index contributed by atoms with van der Waals surface area (Å²) in [5.74, 6) is 0.745. The van der Waals surface area contributed by atoms with E-state index in [0.29, 0.717) is 11.5 Å². The van der Waals surface area contributed by atoms with E-state index in [-0.39, 0.29) is 12.3 Å². The largest absolute Gasteiger partial charge is 0.361 e. The van der Waals surface area contributed by atoms with Gasteiger partial charge in [0.2, 0.25) is 10.0 Å². The number of sulfonamides is 1. The summed E-state index contributed by atoms with van der Waals surface area (Å²) in [7, 11) is -3.14. The van der Waals surface area contributed by atoms with Gasteiger partial charge in [0.05, 0.1) is 18.0 Å². The molecule has 0 atom stereocenters. The lowest BCUT2D eigenvalue weighted by Crippen LogP contribution is -2.24. The maximum Gasteiger partial charge on any atom is 0.211 e. The molecule has 1 aromatic heterocycles. The average molecular weight is 204 g/mol. The number of hydrogen-bond acceptors (Lipinski definition) is 4. The molecule has 1 aromatic rings. The van der Waals surface area contributed by atoms with E-state index in [2.05, 4.69) is 9.88 Å². The van der Waals surface area contributed by atoms with Gasteiger partial charge in [-0.25, -0.2) is 13.1 Å². The van der Waals surface area contributed by atoms with E-state index in [4.69, 9.17) is 4.52 Å². The van der Waals surface area contributed by atoms with Crippen molar-refractivity contribution >= 4 is 10.0 Å². The van der Waals surface area contributed by atoms with E-state index < -0.39 is 10.0 Å². The highest BCUT2D eigenvalue weighted by Gasteiger charge is 2.07. The second-order valence-electron chi connectivity index (χ2n) is 2.65. The van der Waals surface area contributed by atoms with Crippen LogP contribution in [0.1, 0.15) is 18.4 Å². The Bertz CT molecular complexity index is 369. The summed E-state index contributed by atoms with van der Waals surface area (Å²) in [5.41, 5.74) is 0.592. The second-order valence-corrected chi connectivity index (χ2v) is 4.75. The van der Waals surface area contributed by atoms with Crippen LogP contribution in [0, 0.1) is 6.92 Å². The number of rotatable bonds is 4. The lowest BCUT2D eigenvalue weighted by molar-refractivity contribution is 0.390. The fourth-order valence-corrected chi connectivity index (χ4v) is 1.36. The van der Waals surface area contributed by atoms with E-state index in [1.54, 1.807) is 19.9 Å². The average Bonchev–Trinajstić information content (AvgIpc) is 2.48. The van der Waals surface area contributed by atoms with Crippen molar-refractivity contribution in [3.63, 3.8) is 0 Å². The van der Waals surface area contributed by atoms with E-state index in [0.717, 1.165) is 0 Å². The summed E-state index contributed by atoms with van der Waals surface area (Å²) < 4.78 is 29.2. The molecule has 0 saturated heterocycles. The number of nitrogens with one attached hydrogen (secondary N) is 1. The van der Waals surface area contributed by atoms with E-state index in [1.807, 2.05) is 0 Å². The standard InChI is InChI=1S/C7H12N2O3S/c1-3-13(10,11)8-5-7-4-6(2)12-9-7/h4,8H,3,5H2,1-2H3. The fraction of sp³-hybridized carbons (Fsp3) is 0.571. The first-order valence-corrected chi connectivity index (χ1v) is 5.58. The van der Waals surface area contributed by atoms with Gasteiger partial charge in [-0.1, -0.05) is 5.16 Å². The van der Waals surface area contributed by atoms with Crippen molar-refractivity contribution in [2.45, 2.75) is 20.4 Å². The quantitative estimate of drug-likeness (QED) is 0.771. The summed E-state index contributed by atoms with van der Waals surface area (Å²) >= 11 is 0. The van der Waals surface area contributed by atoms with Crippen molar-refractivity contribution in [2.24, 2.45) is 0 Å². The van der Waals surface area contributed by atoms with Crippen molar-refractivity contribution in [3.8, 4) is 0 Å². The first-order chi connectivity index (χ1) is 6.03. The zero-order chi connectivity index (χ0) is 9.90. The van der Waals surface area contributed by atoms with Gasteiger partial charge in [-0.05, 0) is 13.8 Å². The normalized spacial score (nSPS) is 11.8. The van der Waals surface area contributed by atoms with Crippen molar-refractivity contribution < 1.29 is 12.9 Å². The Kier molecular flexibility index (Phi) is 3.05. The number of nitrogens with zero attached hydrogens (tertiary/aromatic N) is 1. The van der Waals surface area contributed by atoms with Crippen molar-refractivity contribution in [1.82, 2.24) is 9.88 Å². The summed E-state index contributed by atoms with van der Waals surface area (Å²) in [6.45, 7) is 3.52. The molecule has 0 saturated carbocycles. The topological polar surface area (TPSA) is 72.2 Å². The van der Waals surface area contributed by atoms with Crippen LogP contribution >= 0.6 is 0 Å². The Labute approximate surface area is 77.2 Å². The molecule has 13 heavy (non-hydrogen) atoms. The predicted molar refractivity (Wildman–Crippen MR) is 47.5 cm³/mol. The van der Waals surface area contributed by atoms with Gasteiger partial charge < -0.3 is 4.52 Å². The molecule has 1 N–H and O–H groups in total. The minimum atomic E-state index is -3.14. The zero-order valence-electron chi connectivity index (χ0n) is 7.57. The molecule has 1 heterocycles. The van der Waals surface area contributed by atoms with Gasteiger partial charge >= 0.3 is 0 Å². The molecule has 1 rings (SSSR count). The molecule has 0 aliphatic carbocycles. The monoisotopic (exact) mass is 204 g/mol. The molecule has 0 amide bonds. The molecular formula is C7H12N2O3S. The van der Waals surface area contributed by atoms with Gasteiger partial charge in [0.25, 0.3) is 0 Å². The first-order valence-electron chi connectivity index (χ1n) is 3.93. The van der Waals surface area contributed by atoms with Gasteiger partial charge in [-0.15, -0.1) is 0 Å². The maximum absolute atomic E-state index is 11.0. The van der Waals surface area contributed by atoms with E-state index >= 15 is 0 Å². The van der Waals surface area contributed by atoms with Crippen molar-refractivity contribution in [1.29, 1.82) is 0 Å². The highest BCUT2D eigenvalue weighted by molar-refractivity contribution is 7.89. The Hall–Kier alpha value is -0.880. The van der Waals surface area contributed by atoms with Crippen molar-refractivity contribution in [2.75, 3.05) is 5.75 Å². The lowest BCUT2D eigenvalue weighted by atomic mass is 10.4. The van der Waals surface area contributed by atoms with Crippen LogP contribution < -0.4 is 4.72 Å². The molecule has 74 valence electrons. The summed E-state index contributed by atoms with van der Waals surface area (Å²) in [6.07, 6.45) is 0. The number of aromatic nitrogens is 1. The third kappa shape index (κ3) is 3.16. The van der Waals surface area contributed by atoms with Crippen LogP contribution in [0.5, 0.6) is 0 Å². The molecule has 0 unspecified atom stereocenters. The second kappa shape index (κ2) is 3.89. The Morgan fingerprint density at radius 2 is 2.31 bits per heavy atom. The molecule has 0 fully saturated rings. The number of aryl methyl sites for hydroxylation is 1. The number of hydrogen-bond donors (Lipinski definition) is 1. The summed E-state index contributed by atoms with van der Waals surface area (Å²) in [6, 6.07) is 1.69. The lowest BCUT2D eigenvalue weighted by Gasteiger charge is -1.99. The van der Waals surface area contributed by atoms with Gasteiger partial charge in [-0.3, -0.25) is 0 Å². The fourth-order valence-electron chi connectivity index (χ4n) is 0.787. The third-order valence-corrected chi connectivity index (χ3v) is 2.87. The molecule has 5 nitrogen and oxygen atoms in total. The Morgan fingerprint density at radius 1 is 1.62 bits per heavy atom. The maximum atomic E-state index is 11.0. The van der Waals surface area contributed by atoms with Gasteiger partial charge in [0.15, 0.2) is 0 Å². The van der Waals surface area contributed by atoms with Crippen LogP contribution in [0.25, 0.3) is 0 Å².